The van der Waals surface area contributed by atoms with E-state index < -0.39 is 0 Å². The normalized spacial score (nSPS) is 10.5. The Kier molecular flexibility index (Phi) is 3.83. The number of imidazole rings is 2. The summed E-state index contributed by atoms with van der Waals surface area (Å²) >= 11 is 3.41. The lowest BCUT2D eigenvalue weighted by atomic mass is 10.2. The van der Waals surface area contributed by atoms with Crippen LogP contribution >= 0.6 is 15.9 Å². The fourth-order valence-electron chi connectivity index (χ4n) is 1.90. The van der Waals surface area contributed by atoms with Crippen LogP contribution in [0.15, 0.2) is 53.7 Å². The van der Waals surface area contributed by atoms with E-state index >= 15 is 0 Å². The number of rotatable bonds is 4. The van der Waals surface area contributed by atoms with Gasteiger partial charge in [-0.2, -0.15) is 0 Å². The summed E-state index contributed by atoms with van der Waals surface area (Å²) in [5, 5.41) is 2.76. The van der Waals surface area contributed by atoms with E-state index in [-0.39, 0.29) is 5.91 Å². The molecule has 0 fully saturated rings. The van der Waals surface area contributed by atoms with Gasteiger partial charge in [0.25, 0.3) is 5.91 Å². The Morgan fingerprint density at radius 3 is 2.86 bits per heavy atom. The molecule has 0 aliphatic rings. The van der Waals surface area contributed by atoms with E-state index in [1.807, 2.05) is 35.0 Å². The maximum Gasteiger partial charge on any atom is 0.276 e. The second kappa shape index (κ2) is 5.92. The van der Waals surface area contributed by atoms with E-state index in [2.05, 4.69) is 36.2 Å². The summed E-state index contributed by atoms with van der Waals surface area (Å²) in [7, 11) is 0. The number of H-pyrrole nitrogens is 1. The first-order valence-electron chi connectivity index (χ1n) is 6.27. The number of anilines is 1. The zero-order chi connectivity index (χ0) is 14.7. The number of amides is 1. The number of aromatic amines is 1. The molecule has 6 nitrogen and oxygen atoms in total. The first kappa shape index (κ1) is 13.6. The maximum absolute atomic E-state index is 12.0. The highest BCUT2D eigenvalue weighted by molar-refractivity contribution is 9.10. The van der Waals surface area contributed by atoms with Gasteiger partial charge < -0.3 is 9.55 Å². The molecule has 0 spiro atoms. The molecule has 0 aliphatic carbocycles. The van der Waals surface area contributed by atoms with Gasteiger partial charge in [0.2, 0.25) is 5.95 Å². The largest absolute Gasteiger partial charge is 0.341 e. The van der Waals surface area contributed by atoms with Crippen LogP contribution in [0.25, 0.3) is 0 Å². The molecule has 2 N–H and O–H groups in total. The molecule has 0 saturated heterocycles. The Labute approximate surface area is 129 Å². The molecule has 0 atom stereocenters. The van der Waals surface area contributed by atoms with E-state index in [1.54, 1.807) is 6.20 Å². The molecule has 3 aromatic rings. The monoisotopic (exact) mass is 345 g/mol. The number of carbonyl (C=O) groups excluding carboxylic acids is 1. The quantitative estimate of drug-likeness (QED) is 0.763. The molecule has 2 aromatic heterocycles. The molecule has 106 valence electrons. The standard InChI is InChI=1S/C14H12BrN5O/c15-11-3-1-10(2-4-11)8-20-6-5-17-14(20)19-13(21)12-7-16-9-18-12/h1-7,9H,8H2,(H,16,18)(H,17,19,21). The Hall–Kier alpha value is -2.41. The SMILES string of the molecule is O=C(Nc1nccn1Cc1ccc(Br)cc1)c1cnc[nH]1. The number of halogens is 1. The fourth-order valence-corrected chi connectivity index (χ4v) is 2.16. The Morgan fingerprint density at radius 1 is 1.33 bits per heavy atom. The minimum absolute atomic E-state index is 0.268. The van der Waals surface area contributed by atoms with Crippen molar-refractivity contribution in [2.45, 2.75) is 6.54 Å². The number of hydrogen-bond acceptors (Lipinski definition) is 3. The van der Waals surface area contributed by atoms with E-state index in [0.717, 1.165) is 10.0 Å². The van der Waals surface area contributed by atoms with Crippen LogP contribution in [-0.4, -0.2) is 25.4 Å². The van der Waals surface area contributed by atoms with Crippen LogP contribution in [0.5, 0.6) is 0 Å². The second-order valence-corrected chi connectivity index (χ2v) is 5.34. The summed E-state index contributed by atoms with van der Waals surface area (Å²) < 4.78 is 2.90. The molecule has 0 radical (unpaired) electrons. The van der Waals surface area contributed by atoms with Crippen LogP contribution in [0, 0.1) is 0 Å². The van der Waals surface area contributed by atoms with Crippen LogP contribution < -0.4 is 5.32 Å². The molecule has 1 amide bonds. The van der Waals surface area contributed by atoms with Gasteiger partial charge in [-0.25, -0.2) is 9.97 Å². The van der Waals surface area contributed by atoms with Crippen molar-refractivity contribution < 1.29 is 4.79 Å². The molecule has 0 bridgehead atoms. The number of hydrogen-bond donors (Lipinski definition) is 2. The van der Waals surface area contributed by atoms with E-state index in [4.69, 9.17) is 0 Å². The molecular weight excluding hydrogens is 334 g/mol. The third-order valence-electron chi connectivity index (χ3n) is 2.95. The van der Waals surface area contributed by atoms with Crippen molar-refractivity contribution in [3.8, 4) is 0 Å². The first-order chi connectivity index (χ1) is 10.2. The predicted molar refractivity (Wildman–Crippen MR) is 82.0 cm³/mol. The zero-order valence-corrected chi connectivity index (χ0v) is 12.5. The van der Waals surface area contributed by atoms with E-state index in [0.29, 0.717) is 18.2 Å². The van der Waals surface area contributed by atoms with Crippen molar-refractivity contribution in [1.29, 1.82) is 0 Å². The zero-order valence-electron chi connectivity index (χ0n) is 11.0. The average Bonchev–Trinajstić information content (AvgIpc) is 3.14. The molecule has 0 saturated carbocycles. The van der Waals surface area contributed by atoms with Crippen molar-refractivity contribution in [1.82, 2.24) is 19.5 Å². The third kappa shape index (κ3) is 3.19. The van der Waals surface area contributed by atoms with Gasteiger partial charge in [-0.1, -0.05) is 28.1 Å². The molecule has 2 heterocycles. The van der Waals surface area contributed by atoms with Gasteiger partial charge in [-0.15, -0.1) is 0 Å². The molecule has 0 aliphatic heterocycles. The van der Waals surface area contributed by atoms with Gasteiger partial charge in [-0.3, -0.25) is 10.1 Å². The minimum Gasteiger partial charge on any atom is -0.341 e. The summed E-state index contributed by atoms with van der Waals surface area (Å²) in [6.07, 6.45) is 6.41. The molecule has 21 heavy (non-hydrogen) atoms. The summed E-state index contributed by atoms with van der Waals surface area (Å²) in [6, 6.07) is 8.00. The predicted octanol–water partition coefficient (Wildman–Crippen LogP) is 2.67. The lowest BCUT2D eigenvalue weighted by molar-refractivity contribution is 0.102. The molecule has 1 aromatic carbocycles. The summed E-state index contributed by atoms with van der Waals surface area (Å²) in [5.41, 5.74) is 1.52. The minimum atomic E-state index is -0.268. The highest BCUT2D eigenvalue weighted by Gasteiger charge is 2.11. The smallest absolute Gasteiger partial charge is 0.276 e. The number of aromatic nitrogens is 4. The van der Waals surface area contributed by atoms with Crippen LogP contribution in [-0.2, 0) is 6.54 Å². The van der Waals surface area contributed by atoms with Crippen molar-refractivity contribution in [2.24, 2.45) is 0 Å². The maximum atomic E-state index is 12.0. The summed E-state index contributed by atoms with van der Waals surface area (Å²) in [5.74, 6) is 0.230. The van der Waals surface area contributed by atoms with Crippen molar-refractivity contribution in [3.63, 3.8) is 0 Å². The number of nitrogens with zero attached hydrogens (tertiary/aromatic N) is 3. The van der Waals surface area contributed by atoms with Crippen LogP contribution in [0.1, 0.15) is 16.1 Å². The van der Waals surface area contributed by atoms with Gasteiger partial charge in [0.05, 0.1) is 19.1 Å². The topological polar surface area (TPSA) is 75.6 Å². The van der Waals surface area contributed by atoms with Crippen molar-refractivity contribution >= 4 is 27.8 Å². The Morgan fingerprint density at radius 2 is 2.14 bits per heavy atom. The van der Waals surface area contributed by atoms with E-state index in [1.165, 1.54) is 12.5 Å². The van der Waals surface area contributed by atoms with Gasteiger partial charge in [0.1, 0.15) is 5.69 Å². The van der Waals surface area contributed by atoms with Crippen LogP contribution in [0.4, 0.5) is 5.95 Å². The second-order valence-electron chi connectivity index (χ2n) is 4.42. The highest BCUT2D eigenvalue weighted by atomic mass is 79.9. The molecule has 7 heteroatoms. The summed E-state index contributed by atoms with van der Waals surface area (Å²) in [6.45, 7) is 0.631. The lowest BCUT2D eigenvalue weighted by Crippen LogP contribution is -2.16. The van der Waals surface area contributed by atoms with Gasteiger partial charge in [-0.05, 0) is 17.7 Å². The number of benzene rings is 1. The molecule has 3 rings (SSSR count). The first-order valence-corrected chi connectivity index (χ1v) is 7.07. The van der Waals surface area contributed by atoms with Gasteiger partial charge in [0, 0.05) is 16.9 Å². The average molecular weight is 346 g/mol. The third-order valence-corrected chi connectivity index (χ3v) is 3.48. The molecular formula is C14H12BrN5O. The molecule has 0 unspecified atom stereocenters. The van der Waals surface area contributed by atoms with E-state index in [9.17, 15) is 4.79 Å². The van der Waals surface area contributed by atoms with Gasteiger partial charge >= 0.3 is 0 Å². The fraction of sp³-hybridized carbons (Fsp3) is 0.0714. The Balaban J connectivity index is 1.75. The highest BCUT2D eigenvalue weighted by Crippen LogP contribution is 2.14. The van der Waals surface area contributed by atoms with Crippen LogP contribution in [0.2, 0.25) is 0 Å². The van der Waals surface area contributed by atoms with Crippen molar-refractivity contribution in [3.05, 3.63) is 64.9 Å². The number of carbonyl (C=O) groups is 1. The summed E-state index contributed by atoms with van der Waals surface area (Å²) in [4.78, 5) is 22.7. The van der Waals surface area contributed by atoms with Crippen LogP contribution in [0.3, 0.4) is 0 Å². The van der Waals surface area contributed by atoms with Gasteiger partial charge in [0.15, 0.2) is 0 Å². The lowest BCUT2D eigenvalue weighted by Gasteiger charge is -2.08. The van der Waals surface area contributed by atoms with Crippen molar-refractivity contribution in [2.75, 3.05) is 5.32 Å². The Bertz CT molecular complexity index is 733. The number of nitrogens with one attached hydrogen (secondary N) is 2.